The van der Waals surface area contributed by atoms with E-state index < -0.39 is 5.91 Å². The number of carbonyl (C=O) groups excluding carboxylic acids is 1. The van der Waals surface area contributed by atoms with Gasteiger partial charge in [0.2, 0.25) is 0 Å². The summed E-state index contributed by atoms with van der Waals surface area (Å²) in [6.45, 7) is 1.96. The molecule has 0 radical (unpaired) electrons. The van der Waals surface area contributed by atoms with Crippen LogP contribution in [0.3, 0.4) is 0 Å². The van der Waals surface area contributed by atoms with E-state index in [-0.39, 0.29) is 12.4 Å². The zero-order valence-electron chi connectivity index (χ0n) is 17.8. The second-order valence-corrected chi connectivity index (χ2v) is 7.67. The summed E-state index contributed by atoms with van der Waals surface area (Å²) < 4.78 is 30.9. The van der Waals surface area contributed by atoms with E-state index in [1.807, 2.05) is 13.0 Å². The van der Waals surface area contributed by atoms with Gasteiger partial charge in [0.15, 0.2) is 11.5 Å². The molecule has 6 nitrogen and oxygen atoms in total. The first-order chi connectivity index (χ1) is 15.4. The Morgan fingerprint density at radius 1 is 1.09 bits per heavy atom. The van der Waals surface area contributed by atoms with Gasteiger partial charge < -0.3 is 14.2 Å². The number of rotatable bonds is 8. The topological polar surface area (TPSA) is 69.2 Å². The number of nitrogens with one attached hydrogen (secondary N) is 1. The first-order valence-electron chi connectivity index (χ1n) is 9.64. The molecule has 1 N–H and O–H groups in total. The average molecular weight is 501 g/mol. The predicted molar refractivity (Wildman–Crippen MR) is 124 cm³/mol. The zero-order chi connectivity index (χ0) is 23.1. The Kier molecular flexibility index (Phi) is 7.83. The van der Waals surface area contributed by atoms with Crippen molar-refractivity contribution in [3.8, 4) is 17.2 Å². The molecule has 0 saturated carbocycles. The fraction of sp³-hybridized carbons (Fsp3) is 0.167. The van der Waals surface area contributed by atoms with E-state index in [1.165, 1.54) is 26.5 Å². The van der Waals surface area contributed by atoms with Crippen LogP contribution in [-0.2, 0) is 6.61 Å². The highest BCUT2D eigenvalue weighted by Crippen LogP contribution is 2.37. The average Bonchev–Trinajstić information content (AvgIpc) is 2.78. The van der Waals surface area contributed by atoms with Gasteiger partial charge >= 0.3 is 0 Å². The van der Waals surface area contributed by atoms with E-state index >= 15 is 0 Å². The quantitative estimate of drug-likeness (QED) is 0.338. The standard InChI is InChI=1S/C24H22BrFN2O4/c1-15-8-9-18(21(10-15)30-2)24(29)28-27-13-16-11-19(25)23(22(12-16)31-3)32-14-17-6-4-5-7-20(17)26/h4-13H,14H2,1-3H3,(H,28,29)/b27-13-. The Labute approximate surface area is 194 Å². The van der Waals surface area contributed by atoms with Crippen molar-refractivity contribution in [3.05, 3.63) is 87.1 Å². The second kappa shape index (κ2) is 10.8. The third-order valence-electron chi connectivity index (χ3n) is 4.56. The van der Waals surface area contributed by atoms with Crippen LogP contribution >= 0.6 is 15.9 Å². The summed E-state index contributed by atoms with van der Waals surface area (Å²) in [5.74, 6) is 0.602. The highest BCUT2D eigenvalue weighted by atomic mass is 79.9. The number of amides is 1. The summed E-state index contributed by atoms with van der Waals surface area (Å²) in [4.78, 5) is 12.4. The zero-order valence-corrected chi connectivity index (χ0v) is 19.4. The van der Waals surface area contributed by atoms with Gasteiger partial charge in [-0.1, -0.05) is 24.3 Å². The largest absolute Gasteiger partial charge is 0.496 e. The number of hydrogen-bond donors (Lipinski definition) is 1. The number of nitrogens with zero attached hydrogens (tertiary/aromatic N) is 1. The lowest BCUT2D eigenvalue weighted by molar-refractivity contribution is 0.0952. The second-order valence-electron chi connectivity index (χ2n) is 6.82. The maximum atomic E-state index is 13.9. The number of hydrogen-bond acceptors (Lipinski definition) is 5. The Morgan fingerprint density at radius 2 is 1.84 bits per heavy atom. The van der Waals surface area contributed by atoms with Crippen LogP contribution < -0.4 is 19.6 Å². The molecule has 0 spiro atoms. The molecule has 3 rings (SSSR count). The molecule has 166 valence electrons. The van der Waals surface area contributed by atoms with Crippen LogP contribution in [0.4, 0.5) is 4.39 Å². The summed E-state index contributed by atoms with van der Waals surface area (Å²) >= 11 is 3.45. The first kappa shape index (κ1) is 23.3. The summed E-state index contributed by atoms with van der Waals surface area (Å²) in [5, 5.41) is 4.02. The molecule has 3 aromatic rings. The van der Waals surface area contributed by atoms with Crippen LogP contribution in [-0.4, -0.2) is 26.3 Å². The predicted octanol–water partition coefficient (Wildman–Crippen LogP) is 5.26. The van der Waals surface area contributed by atoms with Crippen LogP contribution in [0.1, 0.15) is 27.0 Å². The smallest absolute Gasteiger partial charge is 0.275 e. The monoisotopic (exact) mass is 500 g/mol. The van der Waals surface area contributed by atoms with Gasteiger partial charge in [-0.25, -0.2) is 9.82 Å². The fourth-order valence-corrected chi connectivity index (χ4v) is 3.51. The van der Waals surface area contributed by atoms with Crippen molar-refractivity contribution in [2.45, 2.75) is 13.5 Å². The van der Waals surface area contributed by atoms with Crippen LogP contribution in [0.2, 0.25) is 0 Å². The highest BCUT2D eigenvalue weighted by molar-refractivity contribution is 9.10. The van der Waals surface area contributed by atoms with Gasteiger partial charge in [-0.2, -0.15) is 5.10 Å². The lowest BCUT2D eigenvalue weighted by Gasteiger charge is -2.14. The SMILES string of the molecule is COc1cc(C)ccc1C(=O)N/N=C\c1cc(Br)c(OCc2ccccc2F)c(OC)c1. The maximum Gasteiger partial charge on any atom is 0.275 e. The molecule has 0 aromatic heterocycles. The Morgan fingerprint density at radius 3 is 2.56 bits per heavy atom. The summed E-state index contributed by atoms with van der Waals surface area (Å²) in [5.41, 5.74) is 4.94. The Hall–Kier alpha value is -3.39. The molecule has 0 saturated heterocycles. The summed E-state index contributed by atoms with van der Waals surface area (Å²) in [6, 6.07) is 15.1. The van der Waals surface area contributed by atoms with Crippen molar-refractivity contribution in [1.82, 2.24) is 5.43 Å². The molecule has 0 aliphatic heterocycles. The highest BCUT2D eigenvalue weighted by Gasteiger charge is 2.14. The Balaban J connectivity index is 1.72. The molecule has 0 aliphatic carbocycles. The van der Waals surface area contributed by atoms with E-state index in [0.29, 0.717) is 38.4 Å². The van der Waals surface area contributed by atoms with Crippen LogP contribution in [0, 0.1) is 12.7 Å². The lowest BCUT2D eigenvalue weighted by atomic mass is 10.1. The van der Waals surface area contributed by atoms with Gasteiger partial charge in [0.05, 0.1) is 30.5 Å². The molecule has 32 heavy (non-hydrogen) atoms. The molecule has 0 aliphatic rings. The van der Waals surface area contributed by atoms with Crippen molar-refractivity contribution >= 4 is 28.1 Å². The molecule has 0 unspecified atom stereocenters. The molecule has 3 aromatic carbocycles. The molecule has 0 bridgehead atoms. The number of ether oxygens (including phenoxy) is 3. The van der Waals surface area contributed by atoms with Crippen molar-refractivity contribution in [2.75, 3.05) is 14.2 Å². The first-order valence-corrected chi connectivity index (χ1v) is 10.4. The summed E-state index contributed by atoms with van der Waals surface area (Å²) in [7, 11) is 3.01. The van der Waals surface area contributed by atoms with E-state index in [1.54, 1.807) is 42.5 Å². The number of methoxy groups -OCH3 is 2. The third kappa shape index (κ3) is 5.64. The number of carbonyl (C=O) groups is 1. The van der Waals surface area contributed by atoms with E-state index in [4.69, 9.17) is 14.2 Å². The minimum atomic E-state index is -0.394. The minimum Gasteiger partial charge on any atom is -0.496 e. The number of benzene rings is 3. The molecule has 0 fully saturated rings. The number of aryl methyl sites for hydroxylation is 1. The van der Waals surface area contributed by atoms with Crippen LogP contribution in [0.15, 0.2) is 64.2 Å². The van der Waals surface area contributed by atoms with Gasteiger partial charge in [0.1, 0.15) is 18.2 Å². The molecular formula is C24H22BrFN2O4. The van der Waals surface area contributed by atoms with Crippen molar-refractivity contribution < 1.29 is 23.4 Å². The maximum absolute atomic E-state index is 13.9. The van der Waals surface area contributed by atoms with Gasteiger partial charge in [-0.15, -0.1) is 0 Å². The van der Waals surface area contributed by atoms with Crippen molar-refractivity contribution in [1.29, 1.82) is 0 Å². The normalized spacial score (nSPS) is 10.8. The molecule has 0 atom stereocenters. The van der Waals surface area contributed by atoms with E-state index in [0.717, 1.165) is 5.56 Å². The van der Waals surface area contributed by atoms with Gasteiger partial charge in [-0.3, -0.25) is 4.79 Å². The van der Waals surface area contributed by atoms with Crippen LogP contribution in [0.5, 0.6) is 17.2 Å². The van der Waals surface area contributed by atoms with Crippen molar-refractivity contribution in [2.24, 2.45) is 5.10 Å². The van der Waals surface area contributed by atoms with E-state index in [2.05, 4.69) is 26.5 Å². The molecule has 1 amide bonds. The third-order valence-corrected chi connectivity index (χ3v) is 5.15. The molecule has 0 heterocycles. The summed E-state index contributed by atoms with van der Waals surface area (Å²) in [6.07, 6.45) is 1.48. The van der Waals surface area contributed by atoms with Gasteiger partial charge in [-0.05, 0) is 64.3 Å². The lowest BCUT2D eigenvalue weighted by Crippen LogP contribution is -2.18. The van der Waals surface area contributed by atoms with E-state index in [9.17, 15) is 9.18 Å². The van der Waals surface area contributed by atoms with Crippen molar-refractivity contribution in [3.63, 3.8) is 0 Å². The van der Waals surface area contributed by atoms with Gasteiger partial charge in [0.25, 0.3) is 5.91 Å². The molecular weight excluding hydrogens is 479 g/mol. The number of hydrazone groups is 1. The number of halogens is 2. The fourth-order valence-electron chi connectivity index (χ4n) is 2.93. The molecule has 8 heteroatoms. The van der Waals surface area contributed by atoms with Crippen LogP contribution in [0.25, 0.3) is 0 Å². The van der Waals surface area contributed by atoms with Gasteiger partial charge in [0, 0.05) is 5.56 Å². The minimum absolute atomic E-state index is 0.0451. The Bertz CT molecular complexity index is 1150.